The summed E-state index contributed by atoms with van der Waals surface area (Å²) in [5, 5.41) is 0. The Hall–Kier alpha value is -5.68. The smallest absolute Gasteiger partial charge is 0.355 e. The molecule has 0 spiro atoms. The van der Waals surface area contributed by atoms with Crippen molar-refractivity contribution in [3.63, 3.8) is 0 Å². The third kappa shape index (κ3) is 5.64. The van der Waals surface area contributed by atoms with Crippen molar-refractivity contribution in [1.82, 2.24) is 4.90 Å². The van der Waals surface area contributed by atoms with Crippen molar-refractivity contribution in [2.45, 2.75) is 18.0 Å². The molecule has 0 aliphatic carbocycles. The van der Waals surface area contributed by atoms with E-state index in [0.717, 1.165) is 27.8 Å². The highest BCUT2D eigenvalue weighted by Gasteiger charge is 2.50. The molecule has 0 radical (unpaired) electrons. The van der Waals surface area contributed by atoms with E-state index >= 15 is 0 Å². The SMILES string of the molecule is COC(=O)C1=C(C(=O)OC)N(Cc2ccccc2)C(c2ccccc2)C(c2ccccc2)(c2ccccc2)C=C1c1ccccc1. The van der Waals surface area contributed by atoms with Gasteiger partial charge in [-0.2, -0.15) is 0 Å². The Kier molecular flexibility index (Phi) is 8.93. The van der Waals surface area contributed by atoms with Crippen LogP contribution in [0.3, 0.4) is 0 Å². The lowest BCUT2D eigenvalue weighted by molar-refractivity contribution is -0.141. The van der Waals surface area contributed by atoms with Crippen LogP contribution in [0.2, 0.25) is 0 Å². The summed E-state index contributed by atoms with van der Waals surface area (Å²) in [4.78, 5) is 30.4. The molecule has 228 valence electrons. The summed E-state index contributed by atoms with van der Waals surface area (Å²) in [7, 11) is 2.69. The van der Waals surface area contributed by atoms with E-state index in [9.17, 15) is 9.59 Å². The van der Waals surface area contributed by atoms with Crippen molar-refractivity contribution in [2.24, 2.45) is 0 Å². The predicted octanol–water partition coefficient (Wildman–Crippen LogP) is 7.91. The minimum Gasteiger partial charge on any atom is -0.465 e. The van der Waals surface area contributed by atoms with Gasteiger partial charge in [-0.3, -0.25) is 0 Å². The van der Waals surface area contributed by atoms with Crippen LogP contribution in [0.5, 0.6) is 0 Å². The molecule has 0 saturated carbocycles. The molecule has 0 N–H and O–H groups in total. The minimum atomic E-state index is -0.918. The van der Waals surface area contributed by atoms with E-state index in [0.29, 0.717) is 12.1 Å². The number of rotatable bonds is 8. The molecule has 5 nitrogen and oxygen atoms in total. The Bertz CT molecular complexity index is 1810. The summed E-state index contributed by atoms with van der Waals surface area (Å²) in [5.41, 5.74) is 4.63. The third-order valence-electron chi connectivity index (χ3n) is 8.58. The van der Waals surface area contributed by atoms with Crippen LogP contribution in [0.15, 0.2) is 169 Å². The van der Waals surface area contributed by atoms with Crippen LogP contribution in [0.25, 0.3) is 5.57 Å². The fourth-order valence-electron chi connectivity index (χ4n) is 6.60. The van der Waals surface area contributed by atoms with E-state index in [2.05, 4.69) is 42.5 Å². The second-order valence-electron chi connectivity index (χ2n) is 11.2. The highest BCUT2D eigenvalue weighted by Crippen LogP contribution is 2.54. The van der Waals surface area contributed by atoms with Gasteiger partial charge in [-0.05, 0) is 33.4 Å². The highest BCUT2D eigenvalue weighted by molar-refractivity contribution is 6.13. The molecule has 0 saturated heterocycles. The first kappa shape index (κ1) is 30.4. The number of carbonyl (C=O) groups excluding carboxylic acids is 2. The van der Waals surface area contributed by atoms with Crippen molar-refractivity contribution >= 4 is 17.5 Å². The summed E-state index contributed by atoms with van der Waals surface area (Å²) < 4.78 is 11.0. The minimum absolute atomic E-state index is 0.135. The van der Waals surface area contributed by atoms with Crippen molar-refractivity contribution < 1.29 is 19.1 Å². The van der Waals surface area contributed by atoms with Gasteiger partial charge in [0.05, 0.1) is 31.2 Å². The first-order valence-corrected chi connectivity index (χ1v) is 15.2. The molecule has 5 aromatic rings. The summed E-state index contributed by atoms with van der Waals surface area (Å²) in [6, 6.07) is 49.9. The van der Waals surface area contributed by atoms with Gasteiger partial charge in [-0.25, -0.2) is 9.59 Å². The predicted molar refractivity (Wildman–Crippen MR) is 180 cm³/mol. The maximum atomic E-state index is 14.2. The largest absolute Gasteiger partial charge is 0.465 e. The van der Waals surface area contributed by atoms with Crippen LogP contribution in [0.1, 0.15) is 33.9 Å². The van der Waals surface area contributed by atoms with Gasteiger partial charge in [0, 0.05) is 6.54 Å². The van der Waals surface area contributed by atoms with E-state index in [-0.39, 0.29) is 11.3 Å². The van der Waals surface area contributed by atoms with E-state index in [4.69, 9.17) is 9.47 Å². The van der Waals surface area contributed by atoms with Gasteiger partial charge in [0.15, 0.2) is 0 Å². The molecule has 0 aromatic heterocycles. The lowest BCUT2D eigenvalue weighted by Gasteiger charge is -2.46. The van der Waals surface area contributed by atoms with Crippen molar-refractivity contribution in [1.29, 1.82) is 0 Å². The van der Waals surface area contributed by atoms with E-state index in [1.165, 1.54) is 14.2 Å². The zero-order valence-electron chi connectivity index (χ0n) is 25.9. The lowest BCUT2D eigenvalue weighted by atomic mass is 9.65. The van der Waals surface area contributed by atoms with E-state index in [1.807, 2.05) is 120 Å². The third-order valence-corrected chi connectivity index (χ3v) is 8.58. The maximum absolute atomic E-state index is 14.2. The summed E-state index contributed by atoms with van der Waals surface area (Å²) in [6.07, 6.45) is 2.16. The molecule has 5 heteroatoms. The Labute approximate surface area is 270 Å². The van der Waals surface area contributed by atoms with Crippen molar-refractivity contribution in [2.75, 3.05) is 14.2 Å². The van der Waals surface area contributed by atoms with Gasteiger partial charge in [-0.15, -0.1) is 0 Å². The van der Waals surface area contributed by atoms with Crippen LogP contribution >= 0.6 is 0 Å². The normalized spacial score (nSPS) is 15.8. The van der Waals surface area contributed by atoms with Crippen LogP contribution < -0.4 is 0 Å². The Morgan fingerprint density at radius 3 is 1.57 bits per heavy atom. The van der Waals surface area contributed by atoms with Gasteiger partial charge in [0.25, 0.3) is 0 Å². The molecule has 1 atom stereocenters. The molecule has 1 heterocycles. The zero-order chi connectivity index (χ0) is 31.9. The van der Waals surface area contributed by atoms with Gasteiger partial charge < -0.3 is 14.4 Å². The van der Waals surface area contributed by atoms with Gasteiger partial charge in [0.1, 0.15) is 5.70 Å². The summed E-state index contributed by atoms with van der Waals surface area (Å²) in [5.74, 6) is -1.26. The molecular weight excluding hydrogens is 570 g/mol. The number of nitrogens with zero attached hydrogens (tertiary/aromatic N) is 1. The van der Waals surface area contributed by atoms with E-state index in [1.54, 1.807) is 0 Å². The topological polar surface area (TPSA) is 55.8 Å². The zero-order valence-corrected chi connectivity index (χ0v) is 25.9. The number of benzene rings is 5. The first-order valence-electron chi connectivity index (χ1n) is 15.2. The lowest BCUT2D eigenvalue weighted by Crippen LogP contribution is -2.44. The Morgan fingerprint density at radius 1 is 0.609 bits per heavy atom. The Morgan fingerprint density at radius 2 is 1.07 bits per heavy atom. The van der Waals surface area contributed by atoms with Crippen molar-refractivity contribution in [3.05, 3.63) is 197 Å². The molecule has 6 rings (SSSR count). The number of hydrogen-bond acceptors (Lipinski definition) is 5. The molecule has 5 aromatic carbocycles. The first-order chi connectivity index (χ1) is 22.6. The molecule has 0 amide bonds. The van der Waals surface area contributed by atoms with Crippen LogP contribution in [0, 0.1) is 0 Å². The van der Waals surface area contributed by atoms with E-state index < -0.39 is 23.4 Å². The molecule has 46 heavy (non-hydrogen) atoms. The maximum Gasteiger partial charge on any atom is 0.355 e. The van der Waals surface area contributed by atoms with Gasteiger partial charge in [-0.1, -0.05) is 158 Å². The molecule has 1 aliphatic rings. The van der Waals surface area contributed by atoms with Gasteiger partial charge in [0.2, 0.25) is 0 Å². The second-order valence-corrected chi connectivity index (χ2v) is 11.2. The highest BCUT2D eigenvalue weighted by atomic mass is 16.5. The number of ether oxygens (including phenoxy) is 2. The summed E-state index contributed by atoms with van der Waals surface area (Å²) >= 11 is 0. The standard InChI is InChI=1S/C41H35NO4/c1-45-39(43)36-35(31-20-10-4-11-21-31)28-41(33-24-14-6-15-25-33,34-26-16-7-17-27-34)38(32-22-12-5-13-23-32)42(37(36)40(44)46-2)29-30-18-8-3-9-19-30/h3-28,38H,29H2,1-2H3. The Balaban J connectivity index is 1.86. The summed E-state index contributed by atoms with van der Waals surface area (Å²) in [6.45, 7) is 0.308. The molecule has 0 fully saturated rings. The molecule has 1 unspecified atom stereocenters. The van der Waals surface area contributed by atoms with Gasteiger partial charge >= 0.3 is 11.9 Å². The number of methoxy groups -OCH3 is 2. The second kappa shape index (κ2) is 13.5. The molecule has 1 aliphatic heterocycles. The van der Waals surface area contributed by atoms with Crippen LogP contribution in [0.4, 0.5) is 0 Å². The monoisotopic (exact) mass is 605 g/mol. The molecular formula is C41H35NO4. The fourth-order valence-corrected chi connectivity index (χ4v) is 6.60. The van der Waals surface area contributed by atoms with Crippen LogP contribution in [-0.2, 0) is 31.0 Å². The van der Waals surface area contributed by atoms with Crippen LogP contribution in [-0.4, -0.2) is 31.1 Å². The fraction of sp³-hybridized carbons (Fsp3) is 0.122. The quantitative estimate of drug-likeness (QED) is 0.168. The average molecular weight is 606 g/mol. The number of hydrogen-bond donors (Lipinski definition) is 0. The molecule has 0 bridgehead atoms. The number of carbonyl (C=O) groups is 2. The van der Waals surface area contributed by atoms with Crippen molar-refractivity contribution in [3.8, 4) is 0 Å². The average Bonchev–Trinajstić information content (AvgIpc) is 3.26. The number of esters is 2.